The molecule has 6 nitrogen and oxygen atoms in total. The van der Waals surface area contributed by atoms with Crippen LogP contribution in [0.15, 0.2) is 164 Å². The van der Waals surface area contributed by atoms with Gasteiger partial charge in [-0.3, -0.25) is 0 Å². The zero-order chi connectivity index (χ0) is 46.0. The zero-order valence-corrected chi connectivity index (χ0v) is 39.3. The first-order valence-corrected chi connectivity index (χ1v) is 22.9. The number of fused-ring (bicyclic) bond motifs is 3. The number of hydrogen-bond donors (Lipinski definition) is 0. The van der Waals surface area contributed by atoms with Crippen molar-refractivity contribution in [3.63, 3.8) is 0 Å². The van der Waals surface area contributed by atoms with Crippen LogP contribution in [0.4, 0.5) is 0 Å². The summed E-state index contributed by atoms with van der Waals surface area (Å²) in [6.07, 6.45) is 0. The van der Waals surface area contributed by atoms with E-state index in [4.69, 9.17) is 29.9 Å². The molecular formula is C60H54N6. The number of hydrogen-bond acceptors (Lipinski definition) is 6. The van der Waals surface area contributed by atoms with Crippen molar-refractivity contribution in [3.8, 4) is 67.5 Å². The Morgan fingerprint density at radius 3 is 0.591 bits per heavy atom. The fourth-order valence-corrected chi connectivity index (χ4v) is 8.63. The normalized spacial score (nSPS) is 12.3. The molecule has 0 aliphatic heterocycles. The van der Waals surface area contributed by atoms with Crippen molar-refractivity contribution < 1.29 is 0 Å². The van der Waals surface area contributed by atoms with E-state index in [2.05, 4.69) is 153 Å². The molecule has 0 atom stereocenters. The van der Waals surface area contributed by atoms with Crippen LogP contribution in [0.1, 0.15) is 79.0 Å². The Balaban J connectivity index is 1.29. The molecule has 0 amide bonds. The number of benzene rings is 7. The first kappa shape index (κ1) is 42.5. The second kappa shape index (κ2) is 16.2. The predicted octanol–water partition coefficient (Wildman–Crippen LogP) is 15.4. The van der Waals surface area contributed by atoms with Gasteiger partial charge in [-0.25, -0.2) is 29.9 Å². The van der Waals surface area contributed by atoms with Crippen LogP contribution in [-0.4, -0.2) is 29.9 Å². The Kier molecular flexibility index (Phi) is 10.4. The standard InChI is InChI=1S/C60H54N6/c1-58(2,3)43-28-22-37(23-29-43)52-55(64-49-19-13-10-16-46(49)61-52)40-34-41(56-53(62-47-17-11-14-20-50(47)65-56)38-24-30-44(31-25-38)59(4,5)6)36-42(35-40)57-54(63-48-18-12-15-21-51(48)66-57)39-26-32-45(33-27-39)60(7,8)9/h10-36H,1-9H3. The quantitative estimate of drug-likeness (QED) is 0.166. The van der Waals surface area contributed by atoms with Crippen LogP contribution < -0.4 is 0 Å². The second-order valence-electron chi connectivity index (χ2n) is 20.5. The van der Waals surface area contributed by atoms with Gasteiger partial charge in [-0.2, -0.15) is 0 Å². The summed E-state index contributed by atoms with van der Waals surface area (Å²) in [6.45, 7) is 20.1. The Morgan fingerprint density at radius 2 is 0.409 bits per heavy atom. The van der Waals surface area contributed by atoms with Gasteiger partial charge in [-0.15, -0.1) is 0 Å². The third-order valence-corrected chi connectivity index (χ3v) is 12.5. The second-order valence-corrected chi connectivity index (χ2v) is 20.5. The molecule has 10 rings (SSSR count). The molecular weight excluding hydrogens is 805 g/mol. The first-order chi connectivity index (χ1) is 31.6. The van der Waals surface area contributed by atoms with E-state index in [1.165, 1.54) is 16.7 Å². The first-order valence-electron chi connectivity index (χ1n) is 22.9. The molecule has 66 heavy (non-hydrogen) atoms. The molecule has 7 aromatic carbocycles. The monoisotopic (exact) mass is 858 g/mol. The molecule has 0 saturated carbocycles. The molecule has 0 saturated heterocycles. The van der Waals surface area contributed by atoms with E-state index >= 15 is 0 Å². The van der Waals surface area contributed by atoms with E-state index in [1.807, 2.05) is 72.8 Å². The van der Waals surface area contributed by atoms with Crippen LogP contribution in [0.2, 0.25) is 0 Å². The van der Waals surface area contributed by atoms with Crippen molar-refractivity contribution in [2.24, 2.45) is 0 Å². The van der Waals surface area contributed by atoms with Crippen molar-refractivity contribution in [1.29, 1.82) is 0 Å². The van der Waals surface area contributed by atoms with Gasteiger partial charge in [0.1, 0.15) is 0 Å². The maximum Gasteiger partial charge on any atom is 0.0973 e. The summed E-state index contributed by atoms with van der Waals surface area (Å²) in [7, 11) is 0. The summed E-state index contributed by atoms with van der Waals surface area (Å²) >= 11 is 0. The summed E-state index contributed by atoms with van der Waals surface area (Å²) in [5.74, 6) is 0. The van der Waals surface area contributed by atoms with E-state index in [9.17, 15) is 0 Å². The summed E-state index contributed by atoms with van der Waals surface area (Å²) < 4.78 is 0. The lowest BCUT2D eigenvalue weighted by molar-refractivity contribution is 0.590. The highest BCUT2D eigenvalue weighted by Crippen LogP contribution is 2.42. The molecule has 0 spiro atoms. The minimum Gasteiger partial charge on any atom is -0.244 e. The Morgan fingerprint density at radius 1 is 0.227 bits per heavy atom. The van der Waals surface area contributed by atoms with Gasteiger partial charge >= 0.3 is 0 Å². The van der Waals surface area contributed by atoms with Crippen LogP contribution in [0, 0.1) is 0 Å². The van der Waals surface area contributed by atoms with Gasteiger partial charge in [0.25, 0.3) is 0 Å². The lowest BCUT2D eigenvalue weighted by Crippen LogP contribution is -2.10. The minimum atomic E-state index is -0.00299. The van der Waals surface area contributed by atoms with E-state index < -0.39 is 0 Å². The molecule has 6 heteroatoms. The van der Waals surface area contributed by atoms with Crippen LogP contribution in [-0.2, 0) is 16.2 Å². The predicted molar refractivity (Wildman–Crippen MR) is 274 cm³/mol. The van der Waals surface area contributed by atoms with Gasteiger partial charge in [0.05, 0.1) is 67.3 Å². The highest BCUT2D eigenvalue weighted by molar-refractivity contribution is 5.94. The van der Waals surface area contributed by atoms with Crippen LogP contribution in [0.5, 0.6) is 0 Å². The van der Waals surface area contributed by atoms with E-state index in [0.717, 1.165) is 101 Å². The third-order valence-electron chi connectivity index (χ3n) is 12.5. The number of nitrogens with zero attached hydrogens (tertiary/aromatic N) is 6. The molecule has 10 aromatic rings. The number of para-hydroxylation sites is 6. The smallest absolute Gasteiger partial charge is 0.0973 e. The van der Waals surface area contributed by atoms with E-state index in [1.54, 1.807) is 0 Å². The van der Waals surface area contributed by atoms with Crippen molar-refractivity contribution in [3.05, 3.63) is 180 Å². The van der Waals surface area contributed by atoms with E-state index in [-0.39, 0.29) is 16.2 Å². The van der Waals surface area contributed by atoms with Crippen molar-refractivity contribution in [2.45, 2.75) is 78.6 Å². The highest BCUT2D eigenvalue weighted by Gasteiger charge is 2.24. The van der Waals surface area contributed by atoms with Crippen molar-refractivity contribution >= 4 is 33.1 Å². The van der Waals surface area contributed by atoms with Gasteiger partial charge in [-0.05, 0) is 87.5 Å². The fraction of sp³-hybridized carbons (Fsp3) is 0.200. The van der Waals surface area contributed by atoms with Gasteiger partial charge in [0.2, 0.25) is 0 Å². The maximum atomic E-state index is 5.45. The average Bonchev–Trinajstić information content (AvgIpc) is 3.32. The fourth-order valence-electron chi connectivity index (χ4n) is 8.63. The lowest BCUT2D eigenvalue weighted by atomic mass is 9.86. The van der Waals surface area contributed by atoms with Crippen molar-refractivity contribution in [2.75, 3.05) is 0 Å². The molecule has 0 unspecified atom stereocenters. The molecule has 0 fully saturated rings. The van der Waals surface area contributed by atoms with Crippen molar-refractivity contribution in [1.82, 2.24) is 29.9 Å². The maximum absolute atomic E-state index is 5.45. The van der Waals surface area contributed by atoms with Gasteiger partial charge in [0, 0.05) is 33.4 Å². The molecule has 0 aliphatic rings. The molecule has 3 heterocycles. The van der Waals surface area contributed by atoms with Gasteiger partial charge in [0.15, 0.2) is 0 Å². The summed E-state index contributed by atoms with van der Waals surface area (Å²) in [4.78, 5) is 32.5. The molecule has 0 radical (unpaired) electrons. The molecule has 0 N–H and O–H groups in total. The lowest BCUT2D eigenvalue weighted by Gasteiger charge is -2.20. The average molecular weight is 859 g/mol. The summed E-state index contributed by atoms with van der Waals surface area (Å²) in [6, 6.07) is 57.2. The molecule has 0 aliphatic carbocycles. The highest BCUT2D eigenvalue weighted by atomic mass is 14.9. The molecule has 3 aromatic heterocycles. The van der Waals surface area contributed by atoms with Crippen LogP contribution >= 0.6 is 0 Å². The molecule has 324 valence electrons. The third kappa shape index (κ3) is 8.24. The minimum absolute atomic E-state index is 0.00299. The SMILES string of the molecule is CC(C)(C)c1ccc(-c2nc3ccccc3nc2-c2cc(-c3nc4ccccc4nc3-c3ccc(C(C)(C)C)cc3)cc(-c3nc4ccccc4nc3-c3ccc(C(C)(C)C)cc3)c2)cc1. The number of aromatic nitrogens is 6. The van der Waals surface area contributed by atoms with Gasteiger partial charge in [-0.1, -0.05) is 172 Å². The summed E-state index contributed by atoms with van der Waals surface area (Å²) in [5, 5.41) is 0. The molecule has 0 bridgehead atoms. The Labute approximate surface area is 388 Å². The Hall–Kier alpha value is -7.44. The van der Waals surface area contributed by atoms with Crippen LogP contribution in [0.25, 0.3) is 101 Å². The zero-order valence-electron chi connectivity index (χ0n) is 39.3. The topological polar surface area (TPSA) is 77.3 Å². The number of rotatable bonds is 6. The Bertz CT molecular complexity index is 3060. The van der Waals surface area contributed by atoms with Crippen LogP contribution in [0.3, 0.4) is 0 Å². The van der Waals surface area contributed by atoms with E-state index in [0.29, 0.717) is 0 Å². The largest absolute Gasteiger partial charge is 0.244 e. The van der Waals surface area contributed by atoms with Gasteiger partial charge < -0.3 is 0 Å². The summed E-state index contributed by atoms with van der Waals surface area (Å²) in [5.41, 5.74) is 18.9.